The molecule has 0 unspecified atom stereocenters. The SMILES string of the molecule is N#Cc1cc[n+](/N=C(\[O-])C(F)(F)C(F)(F)C(F)(F)F)cc1. The van der Waals surface area contributed by atoms with E-state index in [1.54, 1.807) is 6.07 Å². The van der Waals surface area contributed by atoms with Crippen LogP contribution in [0, 0.1) is 11.3 Å². The lowest BCUT2D eigenvalue weighted by Gasteiger charge is -2.29. The van der Waals surface area contributed by atoms with Gasteiger partial charge in [0.15, 0.2) is 0 Å². The van der Waals surface area contributed by atoms with Crippen LogP contribution >= 0.6 is 0 Å². The quantitative estimate of drug-likeness (QED) is 0.364. The summed E-state index contributed by atoms with van der Waals surface area (Å²) in [6.07, 6.45) is -5.09. The molecule has 0 N–H and O–H groups in total. The van der Waals surface area contributed by atoms with Gasteiger partial charge in [0, 0.05) is 12.1 Å². The predicted octanol–water partition coefficient (Wildman–Crippen LogP) is 1.20. The van der Waals surface area contributed by atoms with E-state index in [1.165, 1.54) is 0 Å². The number of hydrogen-bond acceptors (Lipinski definition) is 3. The third-order valence-electron chi connectivity index (χ3n) is 2.17. The van der Waals surface area contributed by atoms with E-state index in [2.05, 4.69) is 5.10 Å². The first-order valence-corrected chi connectivity index (χ1v) is 4.93. The number of nitriles is 1. The Hall–Kier alpha value is -2.38. The van der Waals surface area contributed by atoms with Gasteiger partial charge in [-0.15, -0.1) is 0 Å². The number of aromatic nitrogens is 1. The minimum absolute atomic E-state index is 0.0290. The highest BCUT2D eigenvalue weighted by atomic mass is 19.4. The molecule has 21 heavy (non-hydrogen) atoms. The summed E-state index contributed by atoms with van der Waals surface area (Å²) in [5.41, 5.74) is 0.0290. The van der Waals surface area contributed by atoms with E-state index < -0.39 is 23.9 Å². The zero-order valence-corrected chi connectivity index (χ0v) is 9.71. The number of rotatable bonds is 3. The Labute approximate surface area is 112 Å². The van der Waals surface area contributed by atoms with Crippen molar-refractivity contribution in [1.82, 2.24) is 0 Å². The summed E-state index contributed by atoms with van der Waals surface area (Å²) in [7, 11) is 0. The largest absolute Gasteiger partial charge is 0.853 e. The van der Waals surface area contributed by atoms with Gasteiger partial charge in [-0.2, -0.15) is 36.0 Å². The summed E-state index contributed by atoms with van der Waals surface area (Å²) in [4.78, 5) is 0. The monoisotopic (exact) mass is 315 g/mol. The van der Waals surface area contributed by atoms with Crippen molar-refractivity contribution in [2.24, 2.45) is 5.10 Å². The predicted molar refractivity (Wildman–Crippen MR) is 50.1 cm³/mol. The minimum atomic E-state index is -6.61. The first-order valence-electron chi connectivity index (χ1n) is 4.93. The van der Waals surface area contributed by atoms with Crippen LogP contribution in [-0.4, -0.2) is 23.9 Å². The van der Waals surface area contributed by atoms with Crippen molar-refractivity contribution in [2.75, 3.05) is 0 Å². The van der Waals surface area contributed by atoms with Crippen LogP contribution in [0.4, 0.5) is 30.7 Å². The van der Waals surface area contributed by atoms with Crippen molar-refractivity contribution < 1.29 is 40.5 Å². The Morgan fingerprint density at radius 1 is 1.10 bits per heavy atom. The number of alkyl halides is 7. The maximum absolute atomic E-state index is 12.9. The average molecular weight is 315 g/mol. The van der Waals surface area contributed by atoms with Crippen LogP contribution in [0.15, 0.2) is 29.6 Å². The van der Waals surface area contributed by atoms with Crippen molar-refractivity contribution in [3.05, 3.63) is 30.1 Å². The van der Waals surface area contributed by atoms with Gasteiger partial charge in [0.05, 0.1) is 11.6 Å². The van der Waals surface area contributed by atoms with Crippen molar-refractivity contribution >= 4 is 5.90 Å². The van der Waals surface area contributed by atoms with Crippen molar-refractivity contribution in [3.63, 3.8) is 0 Å². The summed E-state index contributed by atoms with van der Waals surface area (Å²) in [6.45, 7) is 0. The molecular weight excluding hydrogens is 311 g/mol. The standard InChI is InChI=1S/C10H4F7N3O/c11-8(12,9(13,14)10(15,16)17)7(21)19-20-3-1-6(5-18)2-4-20/h1-4H. The normalized spacial score (nSPS) is 13.9. The Kier molecular flexibility index (Phi) is 4.12. The van der Waals surface area contributed by atoms with Crippen LogP contribution in [0.3, 0.4) is 0 Å². The zero-order valence-electron chi connectivity index (χ0n) is 9.71. The van der Waals surface area contributed by atoms with E-state index in [-0.39, 0.29) is 10.2 Å². The second-order valence-electron chi connectivity index (χ2n) is 3.63. The molecule has 11 heteroatoms. The molecule has 0 radical (unpaired) electrons. The fourth-order valence-corrected chi connectivity index (χ4v) is 1.04. The van der Waals surface area contributed by atoms with Gasteiger partial charge >= 0.3 is 18.0 Å². The highest BCUT2D eigenvalue weighted by Gasteiger charge is 2.73. The van der Waals surface area contributed by atoms with E-state index in [0.717, 1.165) is 24.5 Å². The van der Waals surface area contributed by atoms with Gasteiger partial charge in [-0.3, -0.25) is 0 Å². The Balaban J connectivity index is 3.18. The summed E-state index contributed by atoms with van der Waals surface area (Å²) in [5, 5.41) is 21.8. The lowest BCUT2D eigenvalue weighted by Crippen LogP contribution is -2.60. The molecular formula is C10H4F7N3O. The minimum Gasteiger partial charge on any atom is -0.853 e. The lowest BCUT2D eigenvalue weighted by molar-refractivity contribution is -0.682. The fraction of sp³-hybridized carbons (Fsp3) is 0.300. The molecule has 0 fully saturated rings. The molecule has 0 aliphatic heterocycles. The Bertz CT molecular complexity index is 586. The van der Waals surface area contributed by atoms with Crippen molar-refractivity contribution in [1.29, 1.82) is 5.26 Å². The highest BCUT2D eigenvalue weighted by molar-refractivity contribution is 5.80. The molecule has 114 valence electrons. The van der Waals surface area contributed by atoms with Gasteiger partial charge in [0.2, 0.25) is 12.4 Å². The van der Waals surface area contributed by atoms with Crippen LogP contribution in [-0.2, 0) is 0 Å². The summed E-state index contributed by atoms with van der Waals surface area (Å²) < 4.78 is 86.9. The van der Waals surface area contributed by atoms with Crippen LogP contribution in [0.5, 0.6) is 0 Å². The first-order chi connectivity index (χ1) is 9.43. The molecule has 1 rings (SSSR count). The van der Waals surface area contributed by atoms with Gasteiger partial charge in [-0.05, 0) is 5.10 Å². The number of hydrogen-bond donors (Lipinski definition) is 0. The molecule has 0 aliphatic rings. The van der Waals surface area contributed by atoms with E-state index in [0.29, 0.717) is 0 Å². The molecule has 0 bridgehead atoms. The smallest absolute Gasteiger partial charge is 0.460 e. The molecule has 4 nitrogen and oxygen atoms in total. The van der Waals surface area contributed by atoms with Crippen molar-refractivity contribution in [2.45, 2.75) is 18.0 Å². The van der Waals surface area contributed by atoms with Gasteiger partial charge in [-0.25, -0.2) is 0 Å². The van der Waals surface area contributed by atoms with Crippen LogP contribution < -0.4 is 9.78 Å². The molecule has 0 aromatic carbocycles. The number of nitrogens with zero attached hydrogens (tertiary/aromatic N) is 3. The van der Waals surface area contributed by atoms with Gasteiger partial charge in [-0.1, -0.05) is 4.68 Å². The molecule has 0 spiro atoms. The second kappa shape index (κ2) is 5.19. The Morgan fingerprint density at radius 2 is 1.57 bits per heavy atom. The highest BCUT2D eigenvalue weighted by Crippen LogP contribution is 2.46. The van der Waals surface area contributed by atoms with Crippen molar-refractivity contribution in [3.8, 4) is 6.07 Å². The third kappa shape index (κ3) is 3.04. The molecule has 1 heterocycles. The molecule has 0 amide bonds. The lowest BCUT2D eigenvalue weighted by atomic mass is 10.1. The first kappa shape index (κ1) is 16.7. The fourth-order valence-electron chi connectivity index (χ4n) is 1.04. The van der Waals surface area contributed by atoms with E-state index >= 15 is 0 Å². The van der Waals surface area contributed by atoms with Crippen LogP contribution in [0.1, 0.15) is 5.56 Å². The summed E-state index contributed by atoms with van der Waals surface area (Å²) in [5.74, 6) is -15.6. The topological polar surface area (TPSA) is 63.1 Å². The van der Waals surface area contributed by atoms with E-state index in [1.807, 2.05) is 0 Å². The molecule has 0 saturated carbocycles. The zero-order chi connectivity index (χ0) is 16.5. The second-order valence-corrected chi connectivity index (χ2v) is 3.63. The molecule has 0 atom stereocenters. The van der Waals surface area contributed by atoms with Crippen LogP contribution in [0.25, 0.3) is 0 Å². The number of pyridine rings is 1. The van der Waals surface area contributed by atoms with Gasteiger partial charge in [0.1, 0.15) is 5.90 Å². The average Bonchev–Trinajstić information content (AvgIpc) is 2.38. The van der Waals surface area contributed by atoms with Crippen LogP contribution in [0.2, 0.25) is 0 Å². The molecule has 0 saturated heterocycles. The maximum Gasteiger partial charge on any atom is 0.460 e. The van der Waals surface area contributed by atoms with E-state index in [9.17, 15) is 35.8 Å². The van der Waals surface area contributed by atoms with Gasteiger partial charge in [0.25, 0.3) is 0 Å². The molecule has 1 aromatic rings. The summed E-state index contributed by atoms with van der Waals surface area (Å²) >= 11 is 0. The maximum atomic E-state index is 12.9. The summed E-state index contributed by atoms with van der Waals surface area (Å²) in [6, 6.07) is 3.59. The molecule has 0 aliphatic carbocycles. The number of halogens is 7. The van der Waals surface area contributed by atoms with Gasteiger partial charge < -0.3 is 5.11 Å². The Morgan fingerprint density at radius 3 is 1.95 bits per heavy atom. The third-order valence-corrected chi connectivity index (χ3v) is 2.17. The van der Waals surface area contributed by atoms with E-state index in [4.69, 9.17) is 5.26 Å². The molecule has 1 aromatic heterocycles.